The summed E-state index contributed by atoms with van der Waals surface area (Å²) in [6.45, 7) is 14.9. The van der Waals surface area contributed by atoms with Crippen LogP contribution < -0.4 is 5.32 Å². The lowest BCUT2D eigenvalue weighted by atomic mass is 9.98. The van der Waals surface area contributed by atoms with Gasteiger partial charge in [0.15, 0.2) is 5.82 Å². The fourth-order valence-electron chi connectivity index (χ4n) is 6.03. The molecule has 0 spiro atoms. The molecule has 6 rings (SSSR count). The highest BCUT2D eigenvalue weighted by Crippen LogP contribution is 2.34. The molecular weight excluding hydrogens is 606 g/mol. The first-order valence-corrected chi connectivity index (χ1v) is 17.3. The zero-order valence-corrected chi connectivity index (χ0v) is 28.2. The summed E-state index contributed by atoms with van der Waals surface area (Å²) in [7, 11) is 0. The molecule has 3 heterocycles. The van der Waals surface area contributed by atoms with Gasteiger partial charge in [-0.3, -0.25) is 10.00 Å². The molecule has 5 aromatic rings. The number of fused-ring (bicyclic) bond motifs is 1. The van der Waals surface area contributed by atoms with Crippen LogP contribution in [0.1, 0.15) is 25.8 Å². The highest BCUT2D eigenvalue weighted by Gasteiger charge is 2.30. The van der Waals surface area contributed by atoms with Gasteiger partial charge < -0.3 is 10.2 Å². The molecule has 0 fully saturated rings. The molecule has 0 amide bonds. The second-order valence-corrected chi connectivity index (χ2v) is 13.5. The highest BCUT2D eigenvalue weighted by atomic mass is 32.2. The Morgan fingerprint density at radius 3 is 2.45 bits per heavy atom. The maximum atomic E-state index is 13.5. The van der Waals surface area contributed by atoms with E-state index in [0.29, 0.717) is 0 Å². The van der Waals surface area contributed by atoms with Gasteiger partial charge >= 0.3 is 0 Å². The van der Waals surface area contributed by atoms with Crippen LogP contribution in [0.15, 0.2) is 104 Å². The first-order valence-electron chi connectivity index (χ1n) is 16.1. The molecule has 2 aromatic heterocycles. The zero-order valence-electron chi connectivity index (χ0n) is 27.3. The maximum Gasteiger partial charge on any atom is 0.159 e. The molecule has 0 saturated heterocycles. The summed E-state index contributed by atoms with van der Waals surface area (Å²) < 4.78 is 13.3. The fraction of sp³-hybridized carbons (Fsp3) is 0.289. The average Bonchev–Trinajstić information content (AvgIpc) is 3.54. The van der Waals surface area contributed by atoms with Gasteiger partial charge in [-0.1, -0.05) is 43.8 Å². The van der Waals surface area contributed by atoms with E-state index in [2.05, 4.69) is 98.4 Å². The number of hydrogen-bond donors (Lipinski definition) is 2. The van der Waals surface area contributed by atoms with Crippen LogP contribution in [0.25, 0.3) is 39.1 Å². The van der Waals surface area contributed by atoms with Crippen LogP contribution in [0.4, 0.5) is 10.1 Å². The highest BCUT2D eigenvalue weighted by molar-refractivity contribution is 8.00. The number of benzene rings is 3. The minimum Gasteiger partial charge on any atom is -0.358 e. The Balaban J connectivity index is 1.04. The van der Waals surface area contributed by atoms with Crippen molar-refractivity contribution in [2.24, 2.45) is 0 Å². The second kappa shape index (κ2) is 14.6. The van der Waals surface area contributed by atoms with Crippen molar-refractivity contribution in [2.75, 3.05) is 50.8 Å². The van der Waals surface area contributed by atoms with E-state index in [1.165, 1.54) is 23.3 Å². The minimum absolute atomic E-state index is 0.201. The van der Waals surface area contributed by atoms with E-state index in [1.807, 2.05) is 30.0 Å². The number of halogens is 1. The summed E-state index contributed by atoms with van der Waals surface area (Å²) in [6, 6.07) is 23.0. The van der Waals surface area contributed by atoms with Gasteiger partial charge in [0.25, 0.3) is 0 Å². The topological polar surface area (TPSA) is 73.0 Å². The van der Waals surface area contributed by atoms with Gasteiger partial charge in [-0.15, -0.1) is 0 Å². The van der Waals surface area contributed by atoms with Crippen LogP contribution >= 0.6 is 11.8 Å². The minimum atomic E-state index is -0.260. The van der Waals surface area contributed by atoms with Crippen LogP contribution in [-0.2, 0) is 0 Å². The number of rotatable bonds is 13. The van der Waals surface area contributed by atoms with E-state index in [0.717, 1.165) is 90.6 Å². The van der Waals surface area contributed by atoms with Gasteiger partial charge in [-0.25, -0.2) is 14.4 Å². The van der Waals surface area contributed by atoms with Gasteiger partial charge in [0.1, 0.15) is 5.82 Å². The smallest absolute Gasteiger partial charge is 0.159 e. The van der Waals surface area contributed by atoms with Crippen molar-refractivity contribution < 1.29 is 4.39 Å². The summed E-state index contributed by atoms with van der Waals surface area (Å²) >= 11 is 1.82. The van der Waals surface area contributed by atoms with Crippen molar-refractivity contribution >= 4 is 33.9 Å². The third kappa shape index (κ3) is 7.64. The standard InChI is InChI=1S/C38H42FN7S/c1-5-45(23-24-46-21-17-29(18-22-46)28-7-9-31(10-8-28)37-40-19-6-20-41-37)26-38(3,47-4)27(2)42-33-15-16-35-34(25-33)36(44-43-35)30-11-13-32(39)14-12-30/h6-17,19-20,25,42H,2,5,18,21-24,26H2,1,3-4H3,(H,43,44). The van der Waals surface area contributed by atoms with Crippen molar-refractivity contribution in [1.82, 2.24) is 30.0 Å². The predicted molar refractivity (Wildman–Crippen MR) is 195 cm³/mol. The van der Waals surface area contributed by atoms with Crippen molar-refractivity contribution in [3.05, 3.63) is 115 Å². The Bertz CT molecular complexity index is 1840. The quantitative estimate of drug-likeness (QED) is 0.134. The third-order valence-electron chi connectivity index (χ3n) is 9.14. The molecule has 0 bridgehead atoms. The Labute approximate surface area is 281 Å². The number of aromatic nitrogens is 4. The molecular formula is C38H42FN7S. The van der Waals surface area contributed by atoms with Gasteiger partial charge in [-0.05, 0) is 85.8 Å². The number of hydrogen-bond acceptors (Lipinski definition) is 7. The molecule has 0 saturated carbocycles. The number of aromatic amines is 1. The maximum absolute atomic E-state index is 13.5. The number of nitrogens with one attached hydrogen (secondary N) is 2. The molecule has 7 nitrogen and oxygen atoms in total. The third-order valence-corrected chi connectivity index (χ3v) is 10.4. The first kappa shape index (κ1) is 32.6. The summed E-state index contributed by atoms with van der Waals surface area (Å²) in [5.41, 5.74) is 8.24. The molecule has 3 aromatic carbocycles. The molecule has 1 aliphatic rings. The number of nitrogens with zero attached hydrogens (tertiary/aromatic N) is 5. The Morgan fingerprint density at radius 1 is 1.04 bits per heavy atom. The lowest BCUT2D eigenvalue weighted by molar-refractivity contribution is 0.213. The van der Waals surface area contributed by atoms with E-state index >= 15 is 0 Å². The molecule has 9 heteroatoms. The van der Waals surface area contributed by atoms with Crippen molar-refractivity contribution in [2.45, 2.75) is 25.0 Å². The molecule has 1 aliphatic heterocycles. The lowest BCUT2D eigenvalue weighted by Crippen LogP contribution is -2.44. The van der Waals surface area contributed by atoms with Crippen molar-refractivity contribution in [3.8, 4) is 22.6 Å². The SMILES string of the molecule is C=C(Nc1ccc2[nH]nc(-c3ccc(F)cc3)c2c1)C(C)(CN(CC)CCN1CC=C(c2ccc(-c3ncccn3)cc2)CC1)SC. The number of likely N-dealkylation sites (N-methyl/N-ethyl adjacent to an activating group) is 1. The molecule has 47 heavy (non-hydrogen) atoms. The summed E-state index contributed by atoms with van der Waals surface area (Å²) in [6.07, 6.45) is 9.13. The van der Waals surface area contributed by atoms with Crippen LogP contribution in [0, 0.1) is 5.82 Å². The van der Waals surface area contributed by atoms with Gasteiger partial charge in [-0.2, -0.15) is 16.9 Å². The van der Waals surface area contributed by atoms with E-state index in [-0.39, 0.29) is 10.6 Å². The fourth-order valence-corrected chi connectivity index (χ4v) is 6.63. The zero-order chi connectivity index (χ0) is 32.8. The van der Waals surface area contributed by atoms with E-state index < -0.39 is 0 Å². The summed E-state index contributed by atoms with van der Waals surface area (Å²) in [4.78, 5) is 13.8. The van der Waals surface area contributed by atoms with Crippen molar-refractivity contribution in [1.29, 1.82) is 0 Å². The summed E-state index contributed by atoms with van der Waals surface area (Å²) in [5.74, 6) is 0.498. The Morgan fingerprint density at radius 2 is 1.77 bits per heavy atom. The second-order valence-electron chi connectivity index (χ2n) is 12.2. The lowest BCUT2D eigenvalue weighted by Gasteiger charge is -2.37. The van der Waals surface area contributed by atoms with E-state index in [4.69, 9.17) is 0 Å². The number of anilines is 1. The molecule has 2 N–H and O–H groups in total. The number of H-pyrrole nitrogens is 1. The van der Waals surface area contributed by atoms with Crippen LogP contribution in [0.5, 0.6) is 0 Å². The van der Waals surface area contributed by atoms with E-state index in [9.17, 15) is 4.39 Å². The number of thioether (sulfide) groups is 1. The van der Waals surface area contributed by atoms with Crippen molar-refractivity contribution in [3.63, 3.8) is 0 Å². The van der Waals surface area contributed by atoms with E-state index in [1.54, 1.807) is 24.5 Å². The largest absolute Gasteiger partial charge is 0.358 e. The van der Waals surface area contributed by atoms with Crippen LogP contribution in [0.2, 0.25) is 0 Å². The Hall–Kier alpha value is -4.31. The molecule has 0 radical (unpaired) electrons. The normalized spacial score (nSPS) is 15.0. The predicted octanol–water partition coefficient (Wildman–Crippen LogP) is 7.98. The Kier molecular flexibility index (Phi) is 10.2. The molecule has 0 aliphatic carbocycles. The average molecular weight is 648 g/mol. The van der Waals surface area contributed by atoms with Gasteiger partial charge in [0.05, 0.1) is 16.0 Å². The van der Waals surface area contributed by atoms with Gasteiger partial charge in [0, 0.05) is 73.0 Å². The monoisotopic (exact) mass is 647 g/mol. The van der Waals surface area contributed by atoms with Gasteiger partial charge in [0.2, 0.25) is 0 Å². The van der Waals surface area contributed by atoms with Crippen LogP contribution in [-0.4, -0.2) is 80.2 Å². The van der Waals surface area contributed by atoms with Crippen LogP contribution in [0.3, 0.4) is 0 Å². The molecule has 242 valence electrons. The summed E-state index contributed by atoms with van der Waals surface area (Å²) in [5, 5.41) is 12.2. The first-order chi connectivity index (χ1) is 22.8. The molecule has 1 atom stereocenters. The molecule has 1 unspecified atom stereocenters.